The molecule has 0 amide bonds. The van der Waals surface area contributed by atoms with Crippen LogP contribution in [0.4, 0.5) is 0 Å². The van der Waals surface area contributed by atoms with Gasteiger partial charge in [0.15, 0.2) is 0 Å². The van der Waals surface area contributed by atoms with Crippen LogP contribution < -0.4 is 0 Å². The van der Waals surface area contributed by atoms with Gasteiger partial charge in [0, 0.05) is 5.75 Å². The summed E-state index contributed by atoms with van der Waals surface area (Å²) in [4.78, 5) is 0. The Hall–Kier alpha value is 0.240. The number of hydrogen-bond acceptors (Lipinski definition) is 3. The van der Waals surface area contributed by atoms with E-state index in [9.17, 15) is 0 Å². The van der Waals surface area contributed by atoms with Gasteiger partial charge < -0.3 is 4.74 Å². The van der Waals surface area contributed by atoms with E-state index in [1.165, 1.54) is 12.8 Å². The highest BCUT2D eigenvalue weighted by atomic mass is 32.2. The molecule has 0 aliphatic rings. The highest BCUT2D eigenvalue weighted by molar-refractivity contribution is 8.22. The summed E-state index contributed by atoms with van der Waals surface area (Å²) in [7, 11) is 0. The molecule has 0 unspecified atom stereocenters. The molecule has 0 heterocycles. The van der Waals surface area contributed by atoms with Crippen LogP contribution in [-0.4, -0.2) is 16.2 Å². The SMILES string of the molecule is CCCCSC(=S)OC(C)C. The van der Waals surface area contributed by atoms with E-state index in [4.69, 9.17) is 17.0 Å². The molecule has 0 spiro atoms. The fourth-order valence-electron chi connectivity index (χ4n) is 0.526. The summed E-state index contributed by atoms with van der Waals surface area (Å²) >= 11 is 6.62. The summed E-state index contributed by atoms with van der Waals surface area (Å²) in [5.74, 6) is 1.09. The van der Waals surface area contributed by atoms with Crippen LogP contribution >= 0.6 is 24.0 Å². The summed E-state index contributed by atoms with van der Waals surface area (Å²) in [6, 6.07) is 0. The van der Waals surface area contributed by atoms with Crippen molar-refractivity contribution in [3.05, 3.63) is 0 Å². The van der Waals surface area contributed by atoms with Crippen molar-refractivity contribution in [3.63, 3.8) is 0 Å². The average molecular weight is 192 g/mol. The van der Waals surface area contributed by atoms with E-state index < -0.39 is 0 Å². The van der Waals surface area contributed by atoms with Crippen LogP contribution in [-0.2, 0) is 4.74 Å². The van der Waals surface area contributed by atoms with Gasteiger partial charge in [-0.1, -0.05) is 25.1 Å². The predicted octanol–water partition coefficient (Wildman–Crippen LogP) is 3.23. The number of rotatable bonds is 4. The van der Waals surface area contributed by atoms with Crippen molar-refractivity contribution in [1.29, 1.82) is 0 Å². The summed E-state index contributed by atoms with van der Waals surface area (Å²) in [5, 5.41) is 0. The molecule has 0 radical (unpaired) electrons. The van der Waals surface area contributed by atoms with E-state index in [2.05, 4.69) is 6.92 Å². The summed E-state index contributed by atoms with van der Waals surface area (Å²) in [6.07, 6.45) is 2.65. The molecule has 0 aromatic heterocycles. The molecule has 0 atom stereocenters. The van der Waals surface area contributed by atoms with Gasteiger partial charge in [0.25, 0.3) is 0 Å². The fraction of sp³-hybridized carbons (Fsp3) is 0.875. The first kappa shape index (κ1) is 11.2. The van der Waals surface area contributed by atoms with Gasteiger partial charge in [-0.3, -0.25) is 0 Å². The molecule has 1 nitrogen and oxygen atoms in total. The van der Waals surface area contributed by atoms with E-state index in [1.54, 1.807) is 11.8 Å². The Bertz CT molecular complexity index is 113. The lowest BCUT2D eigenvalue weighted by Gasteiger charge is -2.08. The third-order valence-electron chi connectivity index (χ3n) is 1.05. The largest absolute Gasteiger partial charge is 0.476 e. The van der Waals surface area contributed by atoms with Crippen LogP contribution in [0.2, 0.25) is 0 Å². The van der Waals surface area contributed by atoms with Crippen LogP contribution in [0.25, 0.3) is 0 Å². The third kappa shape index (κ3) is 8.14. The maximum Gasteiger partial charge on any atom is 0.220 e. The number of unbranched alkanes of at least 4 members (excludes halogenated alkanes) is 1. The van der Waals surface area contributed by atoms with Crippen molar-refractivity contribution < 1.29 is 4.74 Å². The molecule has 0 saturated carbocycles. The molecule has 0 fully saturated rings. The van der Waals surface area contributed by atoms with Crippen LogP contribution in [0.3, 0.4) is 0 Å². The van der Waals surface area contributed by atoms with Crippen LogP contribution in [0.5, 0.6) is 0 Å². The monoisotopic (exact) mass is 192 g/mol. The van der Waals surface area contributed by atoms with Crippen molar-refractivity contribution in [1.82, 2.24) is 0 Å². The summed E-state index contributed by atoms with van der Waals surface area (Å²) in [5.41, 5.74) is 0. The highest BCUT2D eigenvalue weighted by Crippen LogP contribution is 2.10. The Morgan fingerprint density at radius 2 is 2.18 bits per heavy atom. The second-order valence-electron chi connectivity index (χ2n) is 2.62. The number of hydrogen-bond donors (Lipinski definition) is 0. The zero-order valence-corrected chi connectivity index (χ0v) is 9.06. The van der Waals surface area contributed by atoms with E-state index in [-0.39, 0.29) is 6.10 Å². The van der Waals surface area contributed by atoms with Crippen LogP contribution in [0.15, 0.2) is 0 Å². The van der Waals surface area contributed by atoms with Gasteiger partial charge in [-0.05, 0) is 32.5 Å². The Kier molecular flexibility index (Phi) is 7.07. The molecule has 0 bridgehead atoms. The van der Waals surface area contributed by atoms with Crippen molar-refractivity contribution in [2.45, 2.75) is 39.7 Å². The van der Waals surface area contributed by atoms with Gasteiger partial charge in [0.1, 0.15) is 0 Å². The summed E-state index contributed by atoms with van der Waals surface area (Å²) in [6.45, 7) is 6.16. The Labute approximate surface area is 78.9 Å². The molecule has 0 rings (SSSR count). The minimum Gasteiger partial charge on any atom is -0.476 e. The molecule has 11 heavy (non-hydrogen) atoms. The second-order valence-corrected chi connectivity index (χ2v) is 4.32. The fourth-order valence-corrected chi connectivity index (χ4v) is 1.83. The quantitative estimate of drug-likeness (QED) is 0.500. The molecule has 0 saturated heterocycles. The van der Waals surface area contributed by atoms with Crippen LogP contribution in [0.1, 0.15) is 33.6 Å². The lowest BCUT2D eigenvalue weighted by Crippen LogP contribution is -2.06. The molecule has 0 aliphatic heterocycles. The van der Waals surface area contributed by atoms with Gasteiger partial charge in [-0.15, -0.1) is 0 Å². The first-order valence-electron chi connectivity index (χ1n) is 4.00. The molecule has 0 aliphatic carbocycles. The van der Waals surface area contributed by atoms with Gasteiger partial charge in [0.2, 0.25) is 4.38 Å². The Morgan fingerprint density at radius 3 is 2.64 bits per heavy atom. The maximum absolute atomic E-state index is 5.29. The van der Waals surface area contributed by atoms with Gasteiger partial charge >= 0.3 is 0 Å². The first-order valence-corrected chi connectivity index (χ1v) is 5.39. The normalized spacial score (nSPS) is 10.2. The second kappa shape index (κ2) is 6.92. The average Bonchev–Trinajstić information content (AvgIpc) is 1.86. The molecule has 3 heteroatoms. The maximum atomic E-state index is 5.29. The highest BCUT2D eigenvalue weighted by Gasteiger charge is 1.99. The number of thioether (sulfide) groups is 1. The number of ether oxygens (including phenoxy) is 1. The van der Waals surface area contributed by atoms with Gasteiger partial charge in [-0.25, -0.2) is 0 Å². The number of thiocarbonyl (C=S) groups is 1. The van der Waals surface area contributed by atoms with Gasteiger partial charge in [-0.2, -0.15) is 0 Å². The van der Waals surface area contributed by atoms with Crippen molar-refractivity contribution in [2.75, 3.05) is 5.75 Å². The van der Waals surface area contributed by atoms with E-state index >= 15 is 0 Å². The van der Waals surface area contributed by atoms with Crippen molar-refractivity contribution >= 4 is 28.4 Å². The molecule has 66 valence electrons. The lowest BCUT2D eigenvalue weighted by atomic mass is 10.4. The molecule has 0 aromatic rings. The van der Waals surface area contributed by atoms with E-state index in [0.717, 1.165) is 5.75 Å². The third-order valence-corrected chi connectivity index (χ3v) is 2.32. The van der Waals surface area contributed by atoms with Gasteiger partial charge in [0.05, 0.1) is 6.10 Å². The zero-order valence-electron chi connectivity index (χ0n) is 7.42. The predicted molar refractivity (Wildman–Crippen MR) is 56.2 cm³/mol. The lowest BCUT2D eigenvalue weighted by molar-refractivity contribution is 0.243. The Morgan fingerprint density at radius 1 is 1.55 bits per heavy atom. The Balaban J connectivity index is 3.23. The molecule has 0 N–H and O–H groups in total. The van der Waals surface area contributed by atoms with E-state index in [1.807, 2.05) is 13.8 Å². The smallest absolute Gasteiger partial charge is 0.220 e. The van der Waals surface area contributed by atoms with E-state index in [0.29, 0.717) is 4.38 Å². The summed E-state index contributed by atoms with van der Waals surface area (Å²) < 4.78 is 5.98. The molecular weight excluding hydrogens is 176 g/mol. The minimum atomic E-state index is 0.219. The standard InChI is InChI=1S/C8H16OS2/c1-4-5-6-11-8(10)9-7(2)3/h7H,4-6H2,1-3H3. The van der Waals surface area contributed by atoms with Crippen molar-refractivity contribution in [2.24, 2.45) is 0 Å². The topological polar surface area (TPSA) is 9.23 Å². The first-order chi connectivity index (χ1) is 5.16. The van der Waals surface area contributed by atoms with Crippen molar-refractivity contribution in [3.8, 4) is 0 Å². The zero-order chi connectivity index (χ0) is 8.69. The van der Waals surface area contributed by atoms with Crippen LogP contribution in [0, 0.1) is 0 Å². The molecular formula is C8H16OS2. The minimum absolute atomic E-state index is 0.219. The molecule has 0 aromatic carbocycles.